The van der Waals surface area contributed by atoms with Crippen LogP contribution in [0.5, 0.6) is 5.88 Å². The summed E-state index contributed by atoms with van der Waals surface area (Å²) in [5, 5.41) is 27.6. The number of hydrogen-bond donors (Lipinski definition) is 1. The smallest absolute Gasteiger partial charge is 0.410 e. The van der Waals surface area contributed by atoms with Crippen molar-refractivity contribution < 1.29 is 24.3 Å². The van der Waals surface area contributed by atoms with E-state index in [4.69, 9.17) is 32.7 Å². The molecule has 1 aliphatic heterocycles. The molecular formula is C24H34Cl2N6O6. The Kier molecular flexibility index (Phi) is 9.77. The number of carbonyl (C=O) groups is 1. The van der Waals surface area contributed by atoms with Gasteiger partial charge in [0.05, 0.1) is 47.1 Å². The summed E-state index contributed by atoms with van der Waals surface area (Å²) in [7, 11) is 0. The lowest BCUT2D eigenvalue weighted by Crippen LogP contribution is -2.49. The molecule has 0 radical (unpaired) electrons. The third-order valence-corrected chi connectivity index (χ3v) is 6.79. The van der Waals surface area contributed by atoms with Crippen molar-refractivity contribution in [2.45, 2.75) is 78.0 Å². The maximum Gasteiger partial charge on any atom is 0.410 e. The highest BCUT2D eigenvalue weighted by Crippen LogP contribution is 2.35. The predicted octanol–water partition coefficient (Wildman–Crippen LogP) is 4.78. The molecule has 0 aromatic carbocycles. The Hall–Kier alpha value is -2.70. The van der Waals surface area contributed by atoms with Gasteiger partial charge in [0.15, 0.2) is 0 Å². The van der Waals surface area contributed by atoms with E-state index >= 15 is 0 Å². The van der Waals surface area contributed by atoms with Gasteiger partial charge in [-0.05, 0) is 70.9 Å². The highest BCUT2D eigenvalue weighted by molar-refractivity contribution is 6.31. The van der Waals surface area contributed by atoms with Gasteiger partial charge in [0.1, 0.15) is 11.3 Å². The fourth-order valence-corrected chi connectivity index (χ4v) is 4.58. The number of carbonyl (C=O) groups excluding carboxylic acids is 1. The number of nitrogens with zero attached hydrogens (tertiary/aromatic N) is 6. The fraction of sp³-hybridized carbons (Fsp3) is 0.667. The number of aliphatic hydroxyl groups excluding tert-OH is 1. The fourth-order valence-electron chi connectivity index (χ4n) is 4.25. The summed E-state index contributed by atoms with van der Waals surface area (Å²) < 4.78 is 12.6. The first kappa shape index (κ1) is 29.9. The number of likely N-dealkylation sites (tertiary alicyclic amines) is 1. The molecule has 2 unspecified atom stereocenters. The molecule has 0 bridgehead atoms. The van der Waals surface area contributed by atoms with Crippen LogP contribution in [0.1, 0.15) is 64.4 Å². The van der Waals surface area contributed by atoms with Crippen molar-refractivity contribution in [2.24, 2.45) is 5.92 Å². The first-order valence-corrected chi connectivity index (χ1v) is 13.2. The van der Waals surface area contributed by atoms with Gasteiger partial charge in [-0.15, -0.1) is 5.10 Å². The van der Waals surface area contributed by atoms with Crippen LogP contribution in [0.15, 0.2) is 6.20 Å². The van der Waals surface area contributed by atoms with Crippen LogP contribution in [0.2, 0.25) is 10.3 Å². The zero-order chi connectivity index (χ0) is 28.2. The predicted molar refractivity (Wildman–Crippen MR) is 141 cm³/mol. The van der Waals surface area contributed by atoms with Crippen molar-refractivity contribution >= 4 is 35.0 Å². The van der Waals surface area contributed by atoms with E-state index in [1.54, 1.807) is 27.7 Å². The topological polar surface area (TPSA) is 146 Å². The van der Waals surface area contributed by atoms with Crippen LogP contribution in [0.4, 0.5) is 10.5 Å². The summed E-state index contributed by atoms with van der Waals surface area (Å²) in [6.07, 6.45) is 2.31. The Morgan fingerprint density at radius 3 is 2.68 bits per heavy atom. The Balaban J connectivity index is 1.61. The molecule has 3 rings (SSSR count). The Bertz CT molecular complexity index is 1150. The first-order chi connectivity index (χ1) is 17.8. The summed E-state index contributed by atoms with van der Waals surface area (Å²) in [4.78, 5) is 33.1. The van der Waals surface area contributed by atoms with E-state index in [-0.39, 0.29) is 41.6 Å². The number of rotatable bonds is 9. The average Bonchev–Trinajstić information content (AvgIpc) is 3.14. The Morgan fingerprint density at radius 2 is 2.05 bits per heavy atom. The standard InChI is InChI=1S/C24H34Cl2N6O6/c1-14(6-7-17-16(25)12-27-22(26)28-17)9-11-37-21-20(32(35)36)15(2)31(29-21)18-8-10-30(13-19(18)33)23(34)38-24(3,4)5/h12,14,18-19,33H,6-11,13H2,1-5H3/t14-,18?,19?/m0/s1. The second kappa shape index (κ2) is 12.4. The van der Waals surface area contributed by atoms with Gasteiger partial charge in [0.25, 0.3) is 0 Å². The van der Waals surface area contributed by atoms with Gasteiger partial charge < -0.3 is 19.5 Å². The molecule has 3 heterocycles. The minimum absolute atomic E-state index is 0.0297. The van der Waals surface area contributed by atoms with E-state index in [9.17, 15) is 20.0 Å². The van der Waals surface area contributed by atoms with Gasteiger partial charge >= 0.3 is 17.7 Å². The molecule has 1 fully saturated rings. The number of aromatic nitrogens is 4. The highest BCUT2D eigenvalue weighted by Gasteiger charge is 2.37. The number of hydrogen-bond acceptors (Lipinski definition) is 9. The number of halogens is 2. The zero-order valence-electron chi connectivity index (χ0n) is 22.2. The second-order valence-corrected chi connectivity index (χ2v) is 11.3. The Morgan fingerprint density at radius 1 is 1.34 bits per heavy atom. The molecule has 2 aromatic rings. The SMILES string of the molecule is Cc1c([N+](=O)[O-])c(OCC[C@@H](C)CCc2nc(Cl)ncc2Cl)nn1C1CCN(C(=O)OC(C)(C)C)CC1O. The number of β-amino-alcohol motifs (C(OH)–C–C–N with tert-alkyl or cyclic N) is 1. The molecule has 1 saturated heterocycles. The third-order valence-electron chi connectivity index (χ3n) is 6.29. The number of aryl methyl sites for hydroxylation is 1. The number of ether oxygens (including phenoxy) is 2. The number of amides is 1. The van der Waals surface area contributed by atoms with Crippen molar-refractivity contribution in [3.63, 3.8) is 0 Å². The van der Waals surface area contributed by atoms with Crippen molar-refractivity contribution in [3.05, 3.63) is 38.0 Å². The van der Waals surface area contributed by atoms with Crippen molar-refractivity contribution in [2.75, 3.05) is 19.7 Å². The minimum Gasteiger partial charge on any atom is -0.472 e. The lowest BCUT2D eigenvalue weighted by molar-refractivity contribution is -0.386. The van der Waals surface area contributed by atoms with E-state index < -0.39 is 28.8 Å². The van der Waals surface area contributed by atoms with Crippen LogP contribution in [-0.2, 0) is 11.2 Å². The molecule has 1 aliphatic rings. The van der Waals surface area contributed by atoms with E-state index in [1.807, 2.05) is 6.92 Å². The monoisotopic (exact) mass is 572 g/mol. The Labute approximate surface area is 231 Å². The van der Waals surface area contributed by atoms with E-state index in [0.29, 0.717) is 36.5 Å². The molecule has 12 nitrogen and oxygen atoms in total. The van der Waals surface area contributed by atoms with Crippen LogP contribution in [0.25, 0.3) is 0 Å². The maximum atomic E-state index is 12.4. The van der Waals surface area contributed by atoms with E-state index in [0.717, 1.165) is 6.42 Å². The van der Waals surface area contributed by atoms with Crippen LogP contribution in [-0.4, -0.2) is 72.2 Å². The largest absolute Gasteiger partial charge is 0.472 e. The van der Waals surface area contributed by atoms with Gasteiger partial charge in [-0.25, -0.2) is 14.8 Å². The van der Waals surface area contributed by atoms with Gasteiger partial charge in [-0.3, -0.25) is 14.8 Å². The summed E-state index contributed by atoms with van der Waals surface area (Å²) in [5.74, 6) is 0.119. The maximum absolute atomic E-state index is 12.4. The summed E-state index contributed by atoms with van der Waals surface area (Å²) >= 11 is 12.0. The molecule has 210 valence electrons. The molecule has 38 heavy (non-hydrogen) atoms. The molecule has 3 atom stereocenters. The minimum atomic E-state index is -0.982. The molecular weight excluding hydrogens is 539 g/mol. The van der Waals surface area contributed by atoms with Crippen LogP contribution < -0.4 is 4.74 Å². The molecule has 14 heteroatoms. The van der Waals surface area contributed by atoms with Gasteiger partial charge in [-0.1, -0.05) is 18.5 Å². The van der Waals surface area contributed by atoms with Gasteiger partial charge in [0, 0.05) is 6.54 Å². The molecule has 2 aromatic heterocycles. The quantitative estimate of drug-likeness (QED) is 0.254. The first-order valence-electron chi connectivity index (χ1n) is 12.5. The molecule has 0 spiro atoms. The van der Waals surface area contributed by atoms with Crippen molar-refractivity contribution in [1.82, 2.24) is 24.6 Å². The summed E-state index contributed by atoms with van der Waals surface area (Å²) in [5.41, 5.74) is 0.0593. The average molecular weight is 573 g/mol. The number of nitro groups is 1. The van der Waals surface area contributed by atoms with E-state index in [2.05, 4.69) is 15.1 Å². The molecule has 0 aliphatic carbocycles. The van der Waals surface area contributed by atoms with Crippen molar-refractivity contribution in [1.29, 1.82) is 0 Å². The normalized spacial score (nSPS) is 18.8. The van der Waals surface area contributed by atoms with Crippen molar-refractivity contribution in [3.8, 4) is 5.88 Å². The van der Waals surface area contributed by atoms with Gasteiger partial charge in [0.2, 0.25) is 5.28 Å². The molecule has 1 amide bonds. The zero-order valence-corrected chi connectivity index (χ0v) is 23.7. The lowest BCUT2D eigenvalue weighted by atomic mass is 10.0. The highest BCUT2D eigenvalue weighted by atomic mass is 35.5. The van der Waals surface area contributed by atoms with E-state index in [1.165, 1.54) is 15.8 Å². The number of piperidine rings is 1. The second-order valence-electron chi connectivity index (χ2n) is 10.5. The molecule has 1 N–H and O–H groups in total. The summed E-state index contributed by atoms with van der Waals surface area (Å²) in [6.45, 7) is 9.49. The summed E-state index contributed by atoms with van der Waals surface area (Å²) in [6, 6.07) is -0.548. The van der Waals surface area contributed by atoms with Crippen LogP contribution in [0, 0.1) is 23.0 Å². The molecule has 0 saturated carbocycles. The third kappa shape index (κ3) is 7.67. The van der Waals surface area contributed by atoms with Gasteiger partial charge in [-0.2, -0.15) is 0 Å². The lowest BCUT2D eigenvalue weighted by Gasteiger charge is -2.36. The van der Waals surface area contributed by atoms with Crippen LogP contribution in [0.3, 0.4) is 0 Å². The van der Waals surface area contributed by atoms with Crippen LogP contribution >= 0.6 is 23.2 Å². The number of aliphatic hydroxyl groups is 1.